The van der Waals surface area contributed by atoms with E-state index in [2.05, 4.69) is 211 Å². The van der Waals surface area contributed by atoms with Gasteiger partial charge in [0.05, 0.1) is 5.69 Å². The Labute approximate surface area is 315 Å². The highest BCUT2D eigenvalue weighted by Gasteiger charge is 2.50. The zero-order chi connectivity index (χ0) is 36.7. The van der Waals surface area contributed by atoms with E-state index in [1.807, 2.05) is 0 Å². The number of hydrogen-bond acceptors (Lipinski definition) is 1. The average molecular weight is 686 g/mol. The van der Waals surface area contributed by atoms with Gasteiger partial charge in [-0.3, -0.25) is 0 Å². The fraction of sp³-hybridized carbons (Fsp3) is 0.192. The first kappa shape index (κ1) is 33.2. The first-order chi connectivity index (χ1) is 25.5. The maximum absolute atomic E-state index is 2.60. The molecule has 0 spiro atoms. The molecule has 0 unspecified atom stereocenters. The second-order valence-corrected chi connectivity index (χ2v) is 17.0. The molecule has 1 heteroatoms. The van der Waals surface area contributed by atoms with E-state index in [1.54, 1.807) is 0 Å². The van der Waals surface area contributed by atoms with Gasteiger partial charge < -0.3 is 4.90 Å². The van der Waals surface area contributed by atoms with Crippen LogP contribution >= 0.6 is 0 Å². The van der Waals surface area contributed by atoms with Crippen molar-refractivity contribution in [1.82, 2.24) is 0 Å². The molecule has 0 bridgehead atoms. The molecule has 9 rings (SSSR count). The van der Waals surface area contributed by atoms with Crippen LogP contribution in [0.3, 0.4) is 0 Å². The van der Waals surface area contributed by atoms with Gasteiger partial charge in [-0.25, -0.2) is 0 Å². The van der Waals surface area contributed by atoms with E-state index < -0.39 is 0 Å². The van der Waals surface area contributed by atoms with Crippen molar-refractivity contribution in [3.8, 4) is 44.5 Å². The second kappa shape index (κ2) is 11.9. The third-order valence-electron chi connectivity index (χ3n) is 11.9. The highest BCUT2D eigenvalue weighted by atomic mass is 15.2. The summed E-state index contributed by atoms with van der Waals surface area (Å²) in [5.74, 6) is 0. The second-order valence-electron chi connectivity index (χ2n) is 17.0. The van der Waals surface area contributed by atoms with Crippen molar-refractivity contribution in [1.29, 1.82) is 0 Å². The van der Waals surface area contributed by atoms with E-state index in [9.17, 15) is 0 Å². The molecule has 53 heavy (non-hydrogen) atoms. The van der Waals surface area contributed by atoms with Gasteiger partial charge in [0, 0.05) is 22.2 Å². The SMILES string of the molecule is CC(C)(C)c1c2c(c(N(c3ccc(-c4ccccc4)cc3)c3cccc(-c4ccccc4)c3)c3c1-c1ccccc1C3(C)C)C(C)(C)c1ccccc1-2. The highest BCUT2D eigenvalue weighted by Crippen LogP contribution is 2.65. The predicted molar refractivity (Wildman–Crippen MR) is 226 cm³/mol. The van der Waals surface area contributed by atoms with Crippen LogP contribution in [0.25, 0.3) is 44.5 Å². The molecule has 0 atom stereocenters. The predicted octanol–water partition coefficient (Wildman–Crippen LogP) is 14.4. The average Bonchev–Trinajstić information content (AvgIpc) is 3.55. The van der Waals surface area contributed by atoms with Crippen LogP contribution in [-0.4, -0.2) is 0 Å². The molecule has 7 aromatic carbocycles. The summed E-state index contributed by atoms with van der Waals surface area (Å²) in [4.78, 5) is 2.60. The monoisotopic (exact) mass is 685 g/mol. The van der Waals surface area contributed by atoms with Crippen molar-refractivity contribution in [2.75, 3.05) is 4.90 Å². The Kier molecular flexibility index (Phi) is 7.48. The van der Waals surface area contributed by atoms with Gasteiger partial charge in [0.15, 0.2) is 0 Å². The summed E-state index contributed by atoms with van der Waals surface area (Å²) >= 11 is 0. The van der Waals surface area contributed by atoms with Gasteiger partial charge in [-0.1, -0.05) is 182 Å². The lowest BCUT2D eigenvalue weighted by atomic mass is 9.70. The zero-order valence-corrected chi connectivity index (χ0v) is 32.0. The van der Waals surface area contributed by atoms with Crippen LogP contribution in [0.4, 0.5) is 17.1 Å². The van der Waals surface area contributed by atoms with Gasteiger partial charge in [-0.15, -0.1) is 0 Å². The standard InChI is InChI=1S/C52H47N/c1-50(2,3)46-44-40-25-14-16-27-42(40)51(4,5)47(44)49(48-45(46)41-26-15-17-28-43(41)52(48,6)7)53(38-31-29-36(30-32-38)34-19-10-8-11-20-34)39-24-18-23-37(33-39)35-21-12-9-13-22-35/h8-33H,1-7H3. The lowest BCUT2D eigenvalue weighted by Gasteiger charge is -2.39. The van der Waals surface area contributed by atoms with E-state index >= 15 is 0 Å². The normalized spacial score (nSPS) is 14.6. The molecule has 1 nitrogen and oxygen atoms in total. The molecule has 7 aromatic rings. The first-order valence-corrected chi connectivity index (χ1v) is 19.0. The molecular formula is C52H47N. The fourth-order valence-corrected chi connectivity index (χ4v) is 9.52. The third kappa shape index (κ3) is 5.05. The van der Waals surface area contributed by atoms with Crippen LogP contribution in [0.2, 0.25) is 0 Å². The van der Waals surface area contributed by atoms with Gasteiger partial charge in [-0.2, -0.15) is 0 Å². The van der Waals surface area contributed by atoms with Crippen LogP contribution in [0.1, 0.15) is 76.3 Å². The Balaban J connectivity index is 1.44. The minimum Gasteiger partial charge on any atom is -0.310 e. The summed E-state index contributed by atoms with van der Waals surface area (Å²) in [6.07, 6.45) is 0. The summed E-state index contributed by atoms with van der Waals surface area (Å²) in [7, 11) is 0. The summed E-state index contributed by atoms with van der Waals surface area (Å²) in [6.45, 7) is 17.0. The van der Waals surface area contributed by atoms with Gasteiger partial charge in [0.25, 0.3) is 0 Å². The summed E-state index contributed by atoms with van der Waals surface area (Å²) in [5.41, 5.74) is 20.5. The van der Waals surface area contributed by atoms with E-state index in [0.29, 0.717) is 0 Å². The Morgan fingerprint density at radius 2 is 0.849 bits per heavy atom. The van der Waals surface area contributed by atoms with E-state index in [4.69, 9.17) is 0 Å². The molecule has 0 radical (unpaired) electrons. The molecule has 0 amide bonds. The Bertz CT molecular complexity index is 2430. The van der Waals surface area contributed by atoms with Crippen molar-refractivity contribution < 1.29 is 0 Å². The molecule has 0 fully saturated rings. The Hall–Kier alpha value is -5.66. The van der Waals surface area contributed by atoms with Gasteiger partial charge >= 0.3 is 0 Å². The van der Waals surface area contributed by atoms with E-state index in [-0.39, 0.29) is 16.2 Å². The molecule has 260 valence electrons. The van der Waals surface area contributed by atoms with Gasteiger partial charge in [0.1, 0.15) is 0 Å². The summed E-state index contributed by atoms with van der Waals surface area (Å²) in [6, 6.07) is 58.3. The van der Waals surface area contributed by atoms with Crippen molar-refractivity contribution in [3.05, 3.63) is 186 Å². The number of nitrogens with zero attached hydrogens (tertiary/aromatic N) is 1. The lowest BCUT2D eigenvalue weighted by Crippen LogP contribution is -2.27. The van der Waals surface area contributed by atoms with Crippen LogP contribution in [-0.2, 0) is 16.2 Å². The molecule has 2 aliphatic carbocycles. The van der Waals surface area contributed by atoms with E-state index in [0.717, 1.165) is 11.4 Å². The van der Waals surface area contributed by atoms with Crippen LogP contribution < -0.4 is 4.90 Å². The lowest BCUT2D eigenvalue weighted by molar-refractivity contribution is 0.587. The first-order valence-electron chi connectivity index (χ1n) is 19.0. The molecule has 0 heterocycles. The number of rotatable bonds is 5. The highest BCUT2D eigenvalue weighted by molar-refractivity contribution is 6.03. The van der Waals surface area contributed by atoms with Crippen molar-refractivity contribution >= 4 is 17.1 Å². The number of fused-ring (bicyclic) bond motifs is 6. The van der Waals surface area contributed by atoms with Crippen molar-refractivity contribution in [3.63, 3.8) is 0 Å². The van der Waals surface area contributed by atoms with Gasteiger partial charge in [-0.05, 0) is 102 Å². The number of anilines is 3. The quantitative estimate of drug-likeness (QED) is 0.174. The molecular weight excluding hydrogens is 639 g/mol. The molecule has 0 saturated carbocycles. The fourth-order valence-electron chi connectivity index (χ4n) is 9.52. The Morgan fingerprint density at radius 3 is 1.36 bits per heavy atom. The maximum atomic E-state index is 2.60. The van der Waals surface area contributed by atoms with Crippen molar-refractivity contribution in [2.45, 2.75) is 64.7 Å². The number of hydrogen-bond donors (Lipinski definition) is 0. The molecule has 0 N–H and O–H groups in total. The van der Waals surface area contributed by atoms with Crippen LogP contribution in [0.15, 0.2) is 158 Å². The summed E-state index contributed by atoms with van der Waals surface area (Å²) < 4.78 is 0. The van der Waals surface area contributed by atoms with Crippen LogP contribution in [0, 0.1) is 0 Å². The maximum Gasteiger partial charge on any atom is 0.0556 e. The van der Waals surface area contributed by atoms with Crippen molar-refractivity contribution in [2.24, 2.45) is 0 Å². The number of benzene rings is 7. The summed E-state index contributed by atoms with van der Waals surface area (Å²) in [5, 5.41) is 0. The topological polar surface area (TPSA) is 3.24 Å². The third-order valence-corrected chi connectivity index (χ3v) is 11.9. The van der Waals surface area contributed by atoms with Crippen LogP contribution in [0.5, 0.6) is 0 Å². The van der Waals surface area contributed by atoms with Gasteiger partial charge in [0.2, 0.25) is 0 Å². The zero-order valence-electron chi connectivity index (χ0n) is 32.0. The molecule has 2 aliphatic rings. The van der Waals surface area contributed by atoms with E-state index in [1.165, 1.54) is 78.0 Å². The molecule has 0 aromatic heterocycles. The largest absolute Gasteiger partial charge is 0.310 e. The molecule has 0 aliphatic heterocycles. The smallest absolute Gasteiger partial charge is 0.0556 e. The Morgan fingerprint density at radius 1 is 0.415 bits per heavy atom. The minimum absolute atomic E-state index is 0.108. The minimum atomic E-state index is -0.250. The molecule has 0 saturated heterocycles.